The first-order valence-corrected chi connectivity index (χ1v) is 6.40. The third-order valence-electron chi connectivity index (χ3n) is 2.16. The summed E-state index contributed by atoms with van der Waals surface area (Å²) in [7, 11) is 0. The molecule has 5 heteroatoms. The number of rotatable bonds is 2. The highest BCUT2D eigenvalue weighted by atomic mass is 127. The molecule has 0 radical (unpaired) electrons. The van der Waals surface area contributed by atoms with Gasteiger partial charge in [-0.15, -0.1) is 0 Å². The largest absolute Gasteiger partial charge is 0.352 e. The molecule has 0 saturated heterocycles. The van der Waals surface area contributed by atoms with Gasteiger partial charge in [0.05, 0.1) is 5.56 Å². The molecular weight excluding hydrogens is 347 g/mol. The molecule has 0 spiro atoms. The molecule has 2 aromatic rings. The second-order valence-corrected chi connectivity index (χ2v) is 5.03. The van der Waals surface area contributed by atoms with Crippen LogP contribution in [0.3, 0.4) is 0 Å². The maximum atomic E-state index is 11.9. The predicted molar refractivity (Wildman–Crippen MR) is 78.7 cm³/mol. The normalized spacial score (nSPS) is 9.94. The van der Waals surface area contributed by atoms with Crippen molar-refractivity contribution in [2.24, 2.45) is 0 Å². The highest BCUT2D eigenvalue weighted by Crippen LogP contribution is 2.12. The van der Waals surface area contributed by atoms with Crippen LogP contribution >= 0.6 is 34.8 Å². The SMILES string of the molecule is O=C(Nc1ccc(I)cc1)c1ccc[nH]c1=S. The Bertz CT molecular complexity index is 592. The second-order valence-electron chi connectivity index (χ2n) is 3.37. The van der Waals surface area contributed by atoms with Crippen molar-refractivity contribution >= 4 is 46.4 Å². The van der Waals surface area contributed by atoms with E-state index in [1.807, 2.05) is 24.3 Å². The summed E-state index contributed by atoms with van der Waals surface area (Å²) >= 11 is 7.26. The number of aromatic nitrogens is 1. The lowest BCUT2D eigenvalue weighted by Gasteiger charge is -2.05. The van der Waals surface area contributed by atoms with Crippen LogP contribution < -0.4 is 5.32 Å². The molecule has 0 atom stereocenters. The van der Waals surface area contributed by atoms with E-state index in [1.54, 1.807) is 18.3 Å². The fourth-order valence-corrected chi connectivity index (χ4v) is 1.92. The van der Waals surface area contributed by atoms with Gasteiger partial charge in [0, 0.05) is 15.5 Å². The van der Waals surface area contributed by atoms with Crippen LogP contribution in [0.4, 0.5) is 5.69 Å². The van der Waals surface area contributed by atoms with E-state index in [1.165, 1.54) is 0 Å². The summed E-state index contributed by atoms with van der Waals surface area (Å²) in [6, 6.07) is 11.0. The van der Waals surface area contributed by atoms with Gasteiger partial charge in [-0.1, -0.05) is 12.2 Å². The maximum Gasteiger partial charge on any atom is 0.258 e. The van der Waals surface area contributed by atoms with Crippen LogP contribution in [-0.4, -0.2) is 10.9 Å². The van der Waals surface area contributed by atoms with Gasteiger partial charge in [0.15, 0.2) is 0 Å². The van der Waals surface area contributed by atoms with Gasteiger partial charge in [0.25, 0.3) is 5.91 Å². The molecule has 1 heterocycles. The number of hydrogen-bond donors (Lipinski definition) is 2. The molecule has 0 fully saturated rings. The van der Waals surface area contributed by atoms with Crippen LogP contribution in [0.1, 0.15) is 10.4 Å². The molecule has 2 rings (SSSR count). The van der Waals surface area contributed by atoms with Gasteiger partial charge in [-0.3, -0.25) is 4.79 Å². The third-order valence-corrected chi connectivity index (χ3v) is 3.22. The van der Waals surface area contributed by atoms with E-state index in [-0.39, 0.29) is 5.91 Å². The molecule has 86 valence electrons. The van der Waals surface area contributed by atoms with E-state index < -0.39 is 0 Å². The molecule has 1 aromatic carbocycles. The van der Waals surface area contributed by atoms with Crippen molar-refractivity contribution in [1.82, 2.24) is 4.98 Å². The van der Waals surface area contributed by atoms with Gasteiger partial charge in [0.2, 0.25) is 0 Å². The lowest BCUT2D eigenvalue weighted by molar-refractivity contribution is 0.102. The zero-order valence-electron chi connectivity index (χ0n) is 8.74. The van der Waals surface area contributed by atoms with Crippen molar-refractivity contribution in [1.29, 1.82) is 0 Å². The van der Waals surface area contributed by atoms with Crippen LogP contribution in [0.5, 0.6) is 0 Å². The quantitative estimate of drug-likeness (QED) is 0.638. The molecule has 2 N–H and O–H groups in total. The van der Waals surface area contributed by atoms with E-state index in [4.69, 9.17) is 12.2 Å². The van der Waals surface area contributed by atoms with Crippen LogP contribution in [-0.2, 0) is 0 Å². The summed E-state index contributed by atoms with van der Waals surface area (Å²) in [5, 5.41) is 2.80. The Morgan fingerprint density at radius 1 is 1.24 bits per heavy atom. The Kier molecular flexibility index (Phi) is 3.90. The molecule has 0 aliphatic carbocycles. The molecule has 0 unspecified atom stereocenters. The molecule has 3 nitrogen and oxygen atoms in total. The number of carbonyl (C=O) groups is 1. The fourth-order valence-electron chi connectivity index (χ4n) is 1.33. The molecule has 0 aliphatic heterocycles. The lowest BCUT2D eigenvalue weighted by Crippen LogP contribution is -2.12. The predicted octanol–water partition coefficient (Wildman–Crippen LogP) is 3.60. The van der Waals surface area contributed by atoms with Crippen molar-refractivity contribution in [2.75, 3.05) is 5.32 Å². The highest BCUT2D eigenvalue weighted by molar-refractivity contribution is 14.1. The van der Waals surface area contributed by atoms with Crippen LogP contribution in [0.15, 0.2) is 42.6 Å². The van der Waals surface area contributed by atoms with Gasteiger partial charge < -0.3 is 10.3 Å². The number of pyridine rings is 1. The van der Waals surface area contributed by atoms with E-state index >= 15 is 0 Å². The number of aromatic amines is 1. The minimum atomic E-state index is -0.201. The second kappa shape index (κ2) is 5.42. The van der Waals surface area contributed by atoms with Crippen LogP contribution in [0.2, 0.25) is 0 Å². The Morgan fingerprint density at radius 2 is 1.94 bits per heavy atom. The number of benzene rings is 1. The molecule has 1 amide bonds. The Labute approximate surface area is 117 Å². The number of carbonyl (C=O) groups excluding carboxylic acids is 1. The van der Waals surface area contributed by atoms with E-state index in [0.717, 1.165) is 9.26 Å². The standard InChI is InChI=1S/C12H9IN2OS/c13-8-3-5-9(6-4-8)15-11(16)10-2-1-7-14-12(10)17/h1-7H,(H,14,17)(H,15,16). The van der Waals surface area contributed by atoms with Gasteiger partial charge in [-0.2, -0.15) is 0 Å². The lowest BCUT2D eigenvalue weighted by atomic mass is 10.2. The minimum Gasteiger partial charge on any atom is -0.352 e. The smallest absolute Gasteiger partial charge is 0.258 e. The number of nitrogens with one attached hydrogen (secondary N) is 2. The summed E-state index contributed by atoms with van der Waals surface area (Å²) in [5.41, 5.74) is 1.23. The summed E-state index contributed by atoms with van der Waals surface area (Å²) in [4.78, 5) is 14.7. The summed E-state index contributed by atoms with van der Waals surface area (Å²) in [5.74, 6) is -0.201. The number of amides is 1. The van der Waals surface area contributed by atoms with E-state index in [2.05, 4.69) is 32.9 Å². The Hall–Kier alpha value is -1.21. The van der Waals surface area contributed by atoms with Gasteiger partial charge >= 0.3 is 0 Å². The average Bonchev–Trinajstić information content (AvgIpc) is 2.32. The molecule has 0 saturated carbocycles. The minimum absolute atomic E-state index is 0.201. The number of halogens is 1. The van der Waals surface area contributed by atoms with Gasteiger partial charge in [-0.05, 0) is 59.0 Å². The van der Waals surface area contributed by atoms with Crippen molar-refractivity contribution in [3.8, 4) is 0 Å². The van der Waals surface area contributed by atoms with Crippen LogP contribution in [0.25, 0.3) is 0 Å². The maximum absolute atomic E-state index is 11.9. The highest BCUT2D eigenvalue weighted by Gasteiger charge is 2.07. The number of H-pyrrole nitrogens is 1. The topological polar surface area (TPSA) is 44.9 Å². The Balaban J connectivity index is 2.20. The number of hydrogen-bond acceptors (Lipinski definition) is 2. The Morgan fingerprint density at radius 3 is 2.59 bits per heavy atom. The first kappa shape index (κ1) is 12.3. The summed E-state index contributed by atoms with van der Waals surface area (Å²) < 4.78 is 1.56. The number of anilines is 1. The van der Waals surface area contributed by atoms with Crippen molar-refractivity contribution in [3.63, 3.8) is 0 Å². The van der Waals surface area contributed by atoms with Crippen LogP contribution in [0, 0.1) is 8.21 Å². The van der Waals surface area contributed by atoms with Gasteiger partial charge in [-0.25, -0.2) is 0 Å². The monoisotopic (exact) mass is 356 g/mol. The molecular formula is C12H9IN2OS. The average molecular weight is 356 g/mol. The first-order valence-electron chi connectivity index (χ1n) is 4.91. The zero-order valence-corrected chi connectivity index (χ0v) is 11.7. The molecule has 1 aromatic heterocycles. The molecule has 0 aliphatic rings. The summed E-state index contributed by atoms with van der Waals surface area (Å²) in [6.07, 6.45) is 1.70. The van der Waals surface area contributed by atoms with E-state index in [0.29, 0.717) is 10.2 Å². The summed E-state index contributed by atoms with van der Waals surface area (Å²) in [6.45, 7) is 0. The fraction of sp³-hybridized carbons (Fsp3) is 0. The molecule has 0 bridgehead atoms. The van der Waals surface area contributed by atoms with Crippen molar-refractivity contribution < 1.29 is 4.79 Å². The van der Waals surface area contributed by atoms with Crippen molar-refractivity contribution in [3.05, 3.63) is 56.4 Å². The molecule has 17 heavy (non-hydrogen) atoms. The zero-order chi connectivity index (χ0) is 12.3. The van der Waals surface area contributed by atoms with E-state index in [9.17, 15) is 4.79 Å². The first-order chi connectivity index (χ1) is 8.16. The third kappa shape index (κ3) is 3.13. The van der Waals surface area contributed by atoms with Crippen molar-refractivity contribution in [2.45, 2.75) is 0 Å². The van der Waals surface area contributed by atoms with Gasteiger partial charge in [0.1, 0.15) is 4.64 Å².